The number of aromatic nitrogens is 12. The summed E-state index contributed by atoms with van der Waals surface area (Å²) in [6.07, 6.45) is 0. The molecule has 18 aromatic carbocycles. The SMILES string of the molecule is c1ccc(-c2nc(-c3ccccc3)nc(-c3ccc(-n4c5ccccc5c5cc(-c6cccc(-c7nc(-c8ccccc8)nc(-c8ccc(-n9c%10ccccc%10c%10cc(-c%11cccc(-c%12nc(-c%13ccccc%13)nc(-c%13ccc(-n%14c%15ccccc%15c%15cc%16sc%17ccccc%17c%16cc%15%14)cc%13)n%12)c%11)c%11c%12ccccc%12sc%11c%109)cc8)n7)c6)c6sc7ccccc7c6c54)cc3)n2)cc1. The summed E-state index contributed by atoms with van der Waals surface area (Å²) in [6.45, 7) is 0. The lowest BCUT2D eigenvalue weighted by atomic mass is 9.95. The van der Waals surface area contributed by atoms with Crippen LogP contribution < -0.4 is 0 Å². The molecule has 0 saturated heterocycles. The monoisotopic (exact) mass is 1740 g/mol. The number of rotatable bonds is 14. The van der Waals surface area contributed by atoms with E-state index in [2.05, 4.69) is 329 Å². The summed E-state index contributed by atoms with van der Waals surface area (Å²) in [6, 6.07) is 147. The highest BCUT2D eigenvalue weighted by molar-refractivity contribution is 7.27. The van der Waals surface area contributed by atoms with E-state index in [-0.39, 0.29) is 0 Å². The molecule has 0 unspecified atom stereocenters. The molecule has 9 heterocycles. The van der Waals surface area contributed by atoms with Crippen LogP contribution in [-0.2, 0) is 0 Å². The van der Waals surface area contributed by atoms with Gasteiger partial charge < -0.3 is 13.7 Å². The zero-order chi connectivity index (χ0) is 86.6. The molecule has 0 aliphatic heterocycles. The average molecular weight is 1740 g/mol. The molecule has 27 rings (SSSR count). The van der Waals surface area contributed by atoms with E-state index >= 15 is 0 Å². The standard InChI is InChI=1S/C117H68N12S3/c1-5-27-69(28-6-1)109-118-110(70-29-7-2-8-30-70)120-113(119-109)74-53-59-81(60-54-74)128-96-46-20-14-40-84(96)93-66-90(107-104(105(93)128)88-44-18-24-50-101(88)131-107)77-36-26-38-79(64-77)117-124-112(72-33-11-4-12-34-72)122-115(126-117)75-55-61-82(62-56-75)129-97-47-21-15-41-85(97)94-65-89(103-87-43-17-23-49-100(87)132-108(103)106(94)129)76-35-25-37-78(63-76)116-123-111(71-31-9-3-10-32-71)121-114(125-116)73-51-57-80(58-52-73)127-95-45-19-13-39-83(95)91-68-102-92(67-98(91)127)86-42-16-22-48-99(86)130-102/h1-68H. The summed E-state index contributed by atoms with van der Waals surface area (Å²) in [5, 5.41) is 14.4. The van der Waals surface area contributed by atoms with Gasteiger partial charge in [-0.2, -0.15) is 0 Å². The Morgan fingerprint density at radius 3 is 0.924 bits per heavy atom. The average Bonchev–Trinajstić information content (AvgIpc) is 1.55. The van der Waals surface area contributed by atoms with E-state index in [1.165, 1.54) is 76.8 Å². The van der Waals surface area contributed by atoms with Crippen LogP contribution in [-0.4, -0.2) is 58.6 Å². The molecule has 0 saturated carbocycles. The Kier molecular flexibility index (Phi) is 17.3. The highest BCUT2D eigenvalue weighted by atomic mass is 32.1. The molecule has 0 aliphatic rings. The van der Waals surface area contributed by atoms with Gasteiger partial charge in [-0.15, -0.1) is 34.0 Å². The number of para-hydroxylation sites is 3. The molecule has 614 valence electrons. The topological polar surface area (TPSA) is 131 Å². The van der Waals surface area contributed by atoms with Crippen LogP contribution in [0.4, 0.5) is 0 Å². The van der Waals surface area contributed by atoms with Crippen LogP contribution >= 0.6 is 34.0 Å². The van der Waals surface area contributed by atoms with E-state index in [4.69, 9.17) is 44.9 Å². The van der Waals surface area contributed by atoms with E-state index in [0.29, 0.717) is 52.4 Å². The van der Waals surface area contributed by atoms with Gasteiger partial charge in [-0.25, -0.2) is 44.9 Å². The van der Waals surface area contributed by atoms with Gasteiger partial charge in [-0.1, -0.05) is 267 Å². The van der Waals surface area contributed by atoms with Gasteiger partial charge in [0.25, 0.3) is 0 Å². The number of nitrogens with zero attached hydrogens (tertiary/aromatic N) is 12. The van der Waals surface area contributed by atoms with Crippen LogP contribution in [0.2, 0.25) is 0 Å². The summed E-state index contributed by atoms with van der Waals surface area (Å²) < 4.78 is 14.6. The van der Waals surface area contributed by atoms with Gasteiger partial charge in [0.05, 0.1) is 37.8 Å². The minimum atomic E-state index is 0.567. The van der Waals surface area contributed by atoms with Gasteiger partial charge in [0.1, 0.15) is 0 Å². The molecule has 0 spiro atoms. The number of thiophene rings is 3. The zero-order valence-corrected chi connectivity index (χ0v) is 72.8. The predicted molar refractivity (Wildman–Crippen MR) is 548 cm³/mol. The Morgan fingerprint density at radius 2 is 0.470 bits per heavy atom. The molecule has 12 nitrogen and oxygen atoms in total. The van der Waals surface area contributed by atoms with Crippen molar-refractivity contribution in [1.29, 1.82) is 0 Å². The molecule has 0 aliphatic carbocycles. The lowest BCUT2D eigenvalue weighted by Gasteiger charge is -2.13. The van der Waals surface area contributed by atoms with Crippen LogP contribution in [0, 0.1) is 0 Å². The molecular weight excluding hydrogens is 1670 g/mol. The van der Waals surface area contributed by atoms with Crippen molar-refractivity contribution in [1.82, 2.24) is 58.6 Å². The van der Waals surface area contributed by atoms with Crippen LogP contribution in [0.15, 0.2) is 413 Å². The molecule has 27 aromatic rings. The summed E-state index contributed by atoms with van der Waals surface area (Å²) in [5.74, 6) is 5.34. The Bertz CT molecular complexity index is 9330. The van der Waals surface area contributed by atoms with Crippen LogP contribution in [0.3, 0.4) is 0 Å². The smallest absolute Gasteiger partial charge is 0.164 e. The maximum absolute atomic E-state index is 5.47. The second-order valence-electron chi connectivity index (χ2n) is 33.5. The first-order valence-electron chi connectivity index (χ1n) is 44.0. The van der Waals surface area contributed by atoms with Gasteiger partial charge in [0.15, 0.2) is 52.4 Å². The Labute approximate surface area is 767 Å². The second-order valence-corrected chi connectivity index (χ2v) is 36.6. The molecule has 0 atom stereocenters. The summed E-state index contributed by atoms with van der Waals surface area (Å²) >= 11 is 5.52. The zero-order valence-electron chi connectivity index (χ0n) is 70.4. The van der Waals surface area contributed by atoms with Gasteiger partial charge in [-0.05, 0) is 162 Å². The van der Waals surface area contributed by atoms with E-state index in [9.17, 15) is 0 Å². The molecule has 9 aromatic heterocycles. The third kappa shape index (κ3) is 12.3. The van der Waals surface area contributed by atoms with E-state index in [0.717, 1.165) is 139 Å². The van der Waals surface area contributed by atoms with E-state index in [1.807, 2.05) is 131 Å². The second kappa shape index (κ2) is 30.4. The normalized spacial score (nSPS) is 11.9. The van der Waals surface area contributed by atoms with Gasteiger partial charge in [0.2, 0.25) is 0 Å². The third-order valence-corrected chi connectivity index (χ3v) is 29.3. The van der Waals surface area contributed by atoms with Gasteiger partial charge in [0, 0.05) is 161 Å². The van der Waals surface area contributed by atoms with Crippen molar-refractivity contribution in [2.75, 3.05) is 0 Å². The maximum Gasteiger partial charge on any atom is 0.164 e. The lowest BCUT2D eigenvalue weighted by molar-refractivity contribution is 1.07. The maximum atomic E-state index is 5.47. The fraction of sp³-hybridized carbons (Fsp3) is 0. The van der Waals surface area contributed by atoms with Crippen molar-refractivity contribution in [3.05, 3.63) is 413 Å². The van der Waals surface area contributed by atoms with Gasteiger partial charge in [-0.3, -0.25) is 0 Å². The minimum absolute atomic E-state index is 0.567. The highest BCUT2D eigenvalue weighted by Gasteiger charge is 2.28. The molecule has 0 N–H and O–H groups in total. The Morgan fingerprint density at radius 1 is 0.159 bits per heavy atom. The molecule has 132 heavy (non-hydrogen) atoms. The minimum Gasteiger partial charge on any atom is -0.309 e. The number of hydrogen-bond donors (Lipinski definition) is 0. The van der Waals surface area contributed by atoms with Crippen LogP contribution in [0.1, 0.15) is 0 Å². The first-order valence-corrected chi connectivity index (χ1v) is 46.5. The molecule has 0 radical (unpaired) electrons. The first kappa shape index (κ1) is 75.2. The summed E-state index contributed by atoms with van der Waals surface area (Å²) in [7, 11) is 0. The molecular formula is C117H68N12S3. The number of fused-ring (bicyclic) bond motifs is 20. The van der Waals surface area contributed by atoms with E-state index in [1.54, 1.807) is 0 Å². The summed E-state index contributed by atoms with van der Waals surface area (Å²) in [5.41, 5.74) is 22.3. The lowest BCUT2D eigenvalue weighted by Crippen LogP contribution is -2.01. The molecule has 0 amide bonds. The van der Waals surface area contributed by atoms with Crippen molar-refractivity contribution >= 4 is 160 Å². The first-order chi connectivity index (χ1) is 65.4. The Hall–Kier alpha value is -17.0. The molecule has 15 heteroatoms. The summed E-state index contributed by atoms with van der Waals surface area (Å²) in [4.78, 5) is 47.3. The fourth-order valence-corrected chi connectivity index (χ4v) is 23.3. The highest BCUT2D eigenvalue weighted by Crippen LogP contribution is 2.52. The van der Waals surface area contributed by atoms with Crippen LogP contribution in [0.25, 0.3) is 268 Å². The number of benzene rings is 18. The molecule has 0 fully saturated rings. The fourth-order valence-electron chi connectivity index (χ4n) is 19.7. The largest absolute Gasteiger partial charge is 0.309 e. The van der Waals surface area contributed by atoms with Crippen LogP contribution in [0.5, 0.6) is 0 Å². The van der Waals surface area contributed by atoms with Gasteiger partial charge >= 0.3 is 0 Å². The number of hydrogen-bond acceptors (Lipinski definition) is 12. The third-order valence-electron chi connectivity index (χ3n) is 25.8. The van der Waals surface area contributed by atoms with Crippen molar-refractivity contribution in [3.8, 4) is 142 Å². The Balaban J connectivity index is 0.548. The predicted octanol–water partition coefficient (Wildman–Crippen LogP) is 31.0. The van der Waals surface area contributed by atoms with Crippen molar-refractivity contribution in [3.63, 3.8) is 0 Å². The van der Waals surface area contributed by atoms with Crippen molar-refractivity contribution in [2.45, 2.75) is 0 Å². The van der Waals surface area contributed by atoms with E-state index < -0.39 is 0 Å². The quantitative estimate of drug-likeness (QED) is 0.104. The van der Waals surface area contributed by atoms with Crippen molar-refractivity contribution in [2.24, 2.45) is 0 Å². The van der Waals surface area contributed by atoms with Crippen molar-refractivity contribution < 1.29 is 0 Å². The molecule has 0 bridgehead atoms.